The van der Waals surface area contributed by atoms with Crippen LogP contribution >= 0.6 is 27.5 Å². The highest BCUT2D eigenvalue weighted by Crippen LogP contribution is 2.40. The lowest BCUT2D eigenvalue weighted by atomic mass is 10.1. The first kappa shape index (κ1) is 17.1. The van der Waals surface area contributed by atoms with E-state index in [2.05, 4.69) is 25.8 Å². The van der Waals surface area contributed by atoms with Crippen LogP contribution in [0.25, 0.3) is 11.3 Å². The summed E-state index contributed by atoms with van der Waals surface area (Å²) in [6.45, 7) is 4.21. The summed E-state index contributed by atoms with van der Waals surface area (Å²) >= 11 is 9.44. The zero-order valence-corrected chi connectivity index (χ0v) is 14.2. The third-order valence-corrected chi connectivity index (χ3v) is 3.91. The van der Waals surface area contributed by atoms with Crippen LogP contribution in [0.4, 0.5) is 13.2 Å². The first-order valence-electron chi connectivity index (χ1n) is 6.57. The van der Waals surface area contributed by atoms with Crippen molar-refractivity contribution in [2.24, 2.45) is 0 Å². The van der Waals surface area contributed by atoms with Gasteiger partial charge in [0, 0.05) is 16.6 Å². The van der Waals surface area contributed by atoms with Crippen molar-refractivity contribution in [1.29, 1.82) is 0 Å². The lowest BCUT2D eigenvalue weighted by Crippen LogP contribution is -2.18. The van der Waals surface area contributed by atoms with Crippen molar-refractivity contribution >= 4 is 27.5 Å². The zero-order chi connectivity index (χ0) is 16.5. The van der Waals surface area contributed by atoms with Gasteiger partial charge in [-0.1, -0.05) is 34.5 Å². The Kier molecular flexibility index (Phi) is 5.07. The molecule has 0 bridgehead atoms. The van der Waals surface area contributed by atoms with E-state index in [9.17, 15) is 13.2 Å². The van der Waals surface area contributed by atoms with E-state index in [1.54, 1.807) is 10.7 Å². The molecule has 120 valence electrons. The summed E-state index contributed by atoms with van der Waals surface area (Å²) in [6.07, 6.45) is -4.20. The number of halogens is 5. The lowest BCUT2D eigenvalue weighted by molar-refractivity contribution is -0.274. The average molecular weight is 398 g/mol. The first-order chi connectivity index (χ1) is 10.3. The second-order valence-corrected chi connectivity index (χ2v) is 5.76. The van der Waals surface area contributed by atoms with Gasteiger partial charge < -0.3 is 4.74 Å². The SMILES string of the molecule is CCc1nn(CC)c(-c2ccc(Br)cc2OC(F)(F)F)c1Cl. The summed E-state index contributed by atoms with van der Waals surface area (Å²) in [5.74, 6) is -0.318. The van der Waals surface area contributed by atoms with Crippen LogP contribution in [0.3, 0.4) is 0 Å². The average Bonchev–Trinajstić information content (AvgIpc) is 2.74. The Labute approximate surface area is 139 Å². The Morgan fingerprint density at radius 1 is 1.32 bits per heavy atom. The molecule has 3 nitrogen and oxygen atoms in total. The van der Waals surface area contributed by atoms with Crippen LogP contribution in [-0.2, 0) is 13.0 Å². The highest BCUT2D eigenvalue weighted by atomic mass is 79.9. The number of hydrogen-bond acceptors (Lipinski definition) is 2. The van der Waals surface area contributed by atoms with Crippen molar-refractivity contribution in [3.05, 3.63) is 33.4 Å². The van der Waals surface area contributed by atoms with E-state index in [0.717, 1.165) is 0 Å². The normalized spacial score (nSPS) is 11.8. The molecule has 0 aliphatic heterocycles. The van der Waals surface area contributed by atoms with Crippen LogP contribution in [0.15, 0.2) is 22.7 Å². The van der Waals surface area contributed by atoms with Crippen molar-refractivity contribution in [2.75, 3.05) is 0 Å². The minimum atomic E-state index is -4.79. The summed E-state index contributed by atoms with van der Waals surface area (Å²) < 4.78 is 44.1. The minimum Gasteiger partial charge on any atom is -0.405 e. The maximum absolute atomic E-state index is 12.6. The van der Waals surface area contributed by atoms with Crippen molar-refractivity contribution in [3.63, 3.8) is 0 Å². The second kappa shape index (κ2) is 6.50. The molecule has 1 heterocycles. The number of alkyl halides is 3. The smallest absolute Gasteiger partial charge is 0.405 e. The summed E-state index contributed by atoms with van der Waals surface area (Å²) in [5, 5.41) is 4.67. The quantitative estimate of drug-likeness (QED) is 0.686. The molecule has 0 fully saturated rings. The third kappa shape index (κ3) is 3.57. The minimum absolute atomic E-state index is 0.250. The van der Waals surface area contributed by atoms with E-state index >= 15 is 0 Å². The van der Waals surface area contributed by atoms with Gasteiger partial charge in [0.05, 0.1) is 16.4 Å². The van der Waals surface area contributed by atoms with Crippen LogP contribution in [-0.4, -0.2) is 16.1 Å². The fraction of sp³-hybridized carbons (Fsp3) is 0.357. The van der Waals surface area contributed by atoms with Gasteiger partial charge in [0.1, 0.15) is 5.75 Å². The first-order valence-corrected chi connectivity index (χ1v) is 7.74. The number of aromatic nitrogens is 2. The highest BCUT2D eigenvalue weighted by molar-refractivity contribution is 9.10. The summed E-state index contributed by atoms with van der Waals surface area (Å²) in [5.41, 5.74) is 1.31. The van der Waals surface area contributed by atoms with Crippen molar-refractivity contribution in [3.8, 4) is 17.0 Å². The summed E-state index contributed by atoms with van der Waals surface area (Å²) in [7, 11) is 0. The molecule has 1 aromatic heterocycles. The molecule has 2 aromatic rings. The van der Waals surface area contributed by atoms with Crippen molar-refractivity contribution < 1.29 is 17.9 Å². The summed E-state index contributed by atoms with van der Waals surface area (Å²) in [6, 6.07) is 4.42. The largest absolute Gasteiger partial charge is 0.573 e. The predicted octanol–water partition coefficient (Wildman–Crippen LogP) is 5.45. The van der Waals surface area contributed by atoms with E-state index < -0.39 is 6.36 Å². The van der Waals surface area contributed by atoms with Gasteiger partial charge in [0.25, 0.3) is 0 Å². The van der Waals surface area contributed by atoms with Crippen molar-refractivity contribution in [2.45, 2.75) is 33.2 Å². The fourth-order valence-corrected chi connectivity index (χ4v) is 2.81. The molecule has 1 aromatic carbocycles. The van der Waals surface area contributed by atoms with Gasteiger partial charge in [-0.2, -0.15) is 5.10 Å². The monoisotopic (exact) mass is 396 g/mol. The van der Waals surface area contributed by atoms with Gasteiger partial charge in [-0.25, -0.2) is 0 Å². The number of benzene rings is 1. The van der Waals surface area contributed by atoms with E-state index in [0.29, 0.717) is 33.8 Å². The molecule has 8 heteroatoms. The standard InChI is InChI=1S/C14H13BrClF3N2O/c1-3-10-12(16)13(21(4-2)20-10)9-6-5-8(15)7-11(9)22-14(17,18)19/h5-7H,3-4H2,1-2H3. The Morgan fingerprint density at radius 3 is 2.55 bits per heavy atom. The zero-order valence-electron chi connectivity index (χ0n) is 11.8. The number of rotatable bonds is 4. The molecule has 0 atom stereocenters. The van der Waals surface area contributed by atoms with Crippen molar-refractivity contribution in [1.82, 2.24) is 9.78 Å². The molecule has 0 radical (unpaired) electrons. The molecule has 0 amide bonds. The van der Waals surface area contributed by atoms with Gasteiger partial charge >= 0.3 is 6.36 Å². The molecule has 22 heavy (non-hydrogen) atoms. The fourth-order valence-electron chi connectivity index (χ4n) is 2.10. The van der Waals surface area contributed by atoms with Gasteiger partial charge in [0.2, 0.25) is 0 Å². The second-order valence-electron chi connectivity index (χ2n) is 4.47. The number of ether oxygens (including phenoxy) is 1. The molecule has 0 N–H and O–H groups in total. The number of nitrogens with zero attached hydrogens (tertiary/aromatic N) is 2. The van der Waals surface area contributed by atoms with Crippen LogP contribution in [0.2, 0.25) is 5.02 Å². The summed E-state index contributed by atoms with van der Waals surface area (Å²) in [4.78, 5) is 0. The van der Waals surface area contributed by atoms with Gasteiger partial charge in [-0.15, -0.1) is 13.2 Å². The number of hydrogen-bond donors (Lipinski definition) is 0. The Balaban J connectivity index is 2.64. The number of aryl methyl sites for hydroxylation is 2. The molecule has 0 saturated carbocycles. The Morgan fingerprint density at radius 2 is 2.00 bits per heavy atom. The molecule has 0 aliphatic rings. The molecule has 0 unspecified atom stereocenters. The van der Waals surface area contributed by atoms with E-state index in [1.165, 1.54) is 12.1 Å². The Hall–Kier alpha value is -1.21. The highest BCUT2D eigenvalue weighted by Gasteiger charge is 2.33. The van der Waals surface area contributed by atoms with Crippen LogP contribution in [0, 0.1) is 0 Å². The molecular weight excluding hydrogens is 385 g/mol. The molecule has 0 spiro atoms. The third-order valence-electron chi connectivity index (χ3n) is 3.02. The van der Waals surface area contributed by atoms with Crippen LogP contribution < -0.4 is 4.74 Å². The van der Waals surface area contributed by atoms with E-state index in [4.69, 9.17) is 11.6 Å². The van der Waals surface area contributed by atoms with Gasteiger partial charge in [0.15, 0.2) is 0 Å². The Bertz CT molecular complexity index is 685. The predicted molar refractivity (Wildman–Crippen MR) is 82.1 cm³/mol. The van der Waals surface area contributed by atoms with Gasteiger partial charge in [-0.05, 0) is 31.5 Å². The molecule has 2 rings (SSSR count). The van der Waals surface area contributed by atoms with Crippen LogP contribution in [0.5, 0.6) is 5.75 Å². The lowest BCUT2D eigenvalue weighted by Gasteiger charge is -2.14. The molecule has 0 aliphatic carbocycles. The van der Waals surface area contributed by atoms with E-state index in [1.807, 2.05) is 13.8 Å². The van der Waals surface area contributed by atoms with E-state index in [-0.39, 0.29) is 11.3 Å². The molecule has 0 saturated heterocycles. The van der Waals surface area contributed by atoms with Gasteiger partial charge in [-0.3, -0.25) is 4.68 Å². The topological polar surface area (TPSA) is 27.1 Å². The maximum Gasteiger partial charge on any atom is 0.573 e. The van der Waals surface area contributed by atoms with Crippen LogP contribution in [0.1, 0.15) is 19.5 Å². The maximum atomic E-state index is 12.6. The molecular formula is C14H13BrClF3N2O.